The number of aliphatic carboxylic acids is 1. The van der Waals surface area contributed by atoms with E-state index in [1.165, 1.54) is 26.0 Å². The summed E-state index contributed by atoms with van der Waals surface area (Å²) in [5.74, 6) is -1.64. The van der Waals surface area contributed by atoms with E-state index in [4.69, 9.17) is 5.11 Å². The van der Waals surface area contributed by atoms with Crippen molar-refractivity contribution in [3.63, 3.8) is 0 Å². The highest BCUT2D eigenvalue weighted by atomic mass is 19.4. The molecule has 0 heterocycles. The van der Waals surface area contributed by atoms with Gasteiger partial charge in [-0.25, -0.2) is 4.39 Å². The lowest BCUT2D eigenvalue weighted by Crippen LogP contribution is -2.53. The fourth-order valence-corrected chi connectivity index (χ4v) is 4.52. The van der Waals surface area contributed by atoms with Crippen molar-refractivity contribution < 1.29 is 32.3 Å². The van der Waals surface area contributed by atoms with Crippen molar-refractivity contribution in [3.05, 3.63) is 59.7 Å². The molecule has 3 N–H and O–H groups in total. The van der Waals surface area contributed by atoms with Crippen LogP contribution in [-0.4, -0.2) is 40.4 Å². The average Bonchev–Trinajstić information content (AvgIpc) is 3.55. The molecule has 3 atom stereocenters. The van der Waals surface area contributed by atoms with Crippen molar-refractivity contribution in [1.29, 1.82) is 0 Å². The minimum atomic E-state index is -4.72. The van der Waals surface area contributed by atoms with E-state index in [0.717, 1.165) is 24.0 Å². The summed E-state index contributed by atoms with van der Waals surface area (Å²) in [6.07, 6.45) is -2.97. The normalized spacial score (nSPS) is 17.4. The van der Waals surface area contributed by atoms with Gasteiger partial charge in [0.1, 0.15) is 11.7 Å². The van der Waals surface area contributed by atoms with Gasteiger partial charge in [0, 0.05) is 12.0 Å². The number of carbonyl (C=O) groups is 2. The van der Waals surface area contributed by atoms with Gasteiger partial charge in [0.15, 0.2) is 0 Å². The molecular weight excluding hydrogens is 500 g/mol. The Morgan fingerprint density at radius 1 is 0.947 bits per heavy atom. The molecule has 0 radical (unpaired) electrons. The third-order valence-electron chi connectivity index (χ3n) is 7.00. The van der Waals surface area contributed by atoms with Gasteiger partial charge in [-0.15, -0.1) is 0 Å². The Morgan fingerprint density at radius 2 is 1.45 bits per heavy atom. The van der Waals surface area contributed by atoms with E-state index in [-0.39, 0.29) is 17.9 Å². The largest absolute Gasteiger partial charge is 0.481 e. The summed E-state index contributed by atoms with van der Waals surface area (Å²) < 4.78 is 56.9. The van der Waals surface area contributed by atoms with Gasteiger partial charge in [0.05, 0.1) is 12.5 Å². The van der Waals surface area contributed by atoms with E-state index in [0.29, 0.717) is 12.0 Å². The van der Waals surface area contributed by atoms with E-state index in [2.05, 4.69) is 10.6 Å². The summed E-state index contributed by atoms with van der Waals surface area (Å²) in [6, 6.07) is 9.61. The zero-order valence-electron chi connectivity index (χ0n) is 22.2. The lowest BCUT2D eigenvalue weighted by molar-refractivity contribution is -0.161. The van der Waals surface area contributed by atoms with E-state index >= 15 is 0 Å². The molecule has 1 amide bonds. The molecule has 208 valence electrons. The van der Waals surface area contributed by atoms with Crippen LogP contribution in [0.3, 0.4) is 0 Å². The highest BCUT2D eigenvalue weighted by Gasteiger charge is 2.46. The molecule has 0 bridgehead atoms. The quantitative estimate of drug-likeness (QED) is 0.264. The molecule has 0 spiro atoms. The first-order valence-corrected chi connectivity index (χ1v) is 12.9. The molecule has 0 aromatic heterocycles. The van der Waals surface area contributed by atoms with Crippen molar-refractivity contribution in [3.8, 4) is 11.1 Å². The van der Waals surface area contributed by atoms with E-state index in [1.54, 1.807) is 12.1 Å². The van der Waals surface area contributed by atoms with Crippen molar-refractivity contribution in [2.75, 3.05) is 0 Å². The zero-order valence-corrected chi connectivity index (χ0v) is 22.2. The zero-order chi connectivity index (χ0) is 28.3. The van der Waals surface area contributed by atoms with Crippen LogP contribution in [0.15, 0.2) is 48.5 Å². The Kier molecular flexibility index (Phi) is 8.91. The lowest BCUT2D eigenvalue weighted by atomic mass is 9.91. The Hall–Kier alpha value is -2.94. The molecule has 2 aromatic rings. The molecule has 9 heteroatoms. The maximum absolute atomic E-state index is 14.5. The van der Waals surface area contributed by atoms with E-state index in [9.17, 15) is 27.2 Å². The summed E-state index contributed by atoms with van der Waals surface area (Å²) in [7, 11) is 0. The maximum atomic E-state index is 14.5. The Labute approximate surface area is 221 Å². The first-order chi connectivity index (χ1) is 17.6. The minimum Gasteiger partial charge on any atom is -0.481 e. The molecule has 5 nitrogen and oxygen atoms in total. The molecule has 3 rings (SSSR count). The van der Waals surface area contributed by atoms with Gasteiger partial charge < -0.3 is 10.4 Å². The molecule has 38 heavy (non-hydrogen) atoms. The number of benzene rings is 2. The van der Waals surface area contributed by atoms with E-state index < -0.39 is 47.8 Å². The molecule has 1 aliphatic rings. The third-order valence-corrected chi connectivity index (χ3v) is 7.00. The van der Waals surface area contributed by atoms with Gasteiger partial charge in [-0.1, -0.05) is 55.5 Å². The Balaban J connectivity index is 1.81. The smallest absolute Gasteiger partial charge is 0.407 e. The topological polar surface area (TPSA) is 78.4 Å². The number of amides is 1. The van der Waals surface area contributed by atoms with Crippen LogP contribution in [0.2, 0.25) is 0 Å². The van der Waals surface area contributed by atoms with Gasteiger partial charge in [-0.05, 0) is 68.2 Å². The Morgan fingerprint density at radius 3 is 1.84 bits per heavy atom. The average molecular weight is 537 g/mol. The van der Waals surface area contributed by atoms with Crippen molar-refractivity contribution in [1.82, 2.24) is 10.6 Å². The second-order valence-corrected chi connectivity index (χ2v) is 11.1. The first kappa shape index (κ1) is 29.6. The monoisotopic (exact) mass is 536 g/mol. The second kappa shape index (κ2) is 11.4. The summed E-state index contributed by atoms with van der Waals surface area (Å²) in [5, 5.41) is 14.2. The number of nitrogens with one attached hydrogen (secondary N) is 2. The van der Waals surface area contributed by atoms with Crippen molar-refractivity contribution >= 4 is 11.9 Å². The number of rotatable bonds is 12. The first-order valence-electron chi connectivity index (χ1n) is 12.9. The van der Waals surface area contributed by atoms with Crippen LogP contribution in [0.5, 0.6) is 0 Å². The number of carbonyl (C=O) groups excluding carboxylic acids is 1. The highest BCUT2D eigenvalue weighted by molar-refractivity contribution is 5.83. The molecule has 1 fully saturated rings. The van der Waals surface area contributed by atoms with Crippen LogP contribution in [0, 0.1) is 0 Å². The molecule has 1 saturated carbocycles. The van der Waals surface area contributed by atoms with Crippen LogP contribution < -0.4 is 10.6 Å². The summed E-state index contributed by atoms with van der Waals surface area (Å²) >= 11 is 0. The number of halogens is 4. The van der Waals surface area contributed by atoms with Gasteiger partial charge >= 0.3 is 12.1 Å². The summed E-state index contributed by atoms with van der Waals surface area (Å²) in [4.78, 5) is 23.9. The van der Waals surface area contributed by atoms with Crippen molar-refractivity contribution in [2.45, 2.75) is 95.2 Å². The molecule has 0 aliphatic heterocycles. The van der Waals surface area contributed by atoms with Crippen molar-refractivity contribution in [2.24, 2.45) is 0 Å². The summed E-state index contributed by atoms with van der Waals surface area (Å²) in [6.45, 7) is 6.20. The van der Waals surface area contributed by atoms with Crippen LogP contribution in [0.1, 0.15) is 82.9 Å². The third kappa shape index (κ3) is 8.28. The lowest BCUT2D eigenvalue weighted by Gasteiger charge is -2.30. The maximum Gasteiger partial charge on any atom is 0.407 e. The minimum absolute atomic E-state index is 0.0220. The number of hydrogen-bond acceptors (Lipinski definition) is 3. The van der Waals surface area contributed by atoms with Gasteiger partial charge in [-0.2, -0.15) is 13.2 Å². The second-order valence-electron chi connectivity index (χ2n) is 11.1. The SMILES string of the molecule is CCC(CC(=O)O)c1ccc(-c2ccc(C(N[C@@H](CC(C)(C)F)C(=O)NC3(C)CC3)C(F)(F)F)cc2)cc1. The number of hydrogen-bond donors (Lipinski definition) is 3. The standard InChI is InChI=1S/C29H36F4N2O3/c1-5-18(16-24(36)37)19-6-8-20(9-7-19)21-10-12-22(13-11-21)25(29(31,32)33)34-23(17-27(2,3)30)26(38)35-28(4)14-15-28/h6-13,18,23,25,34H,5,14-17H2,1-4H3,(H,35,38)(H,36,37)/t18?,23-,25?/m0/s1. The summed E-state index contributed by atoms with van der Waals surface area (Å²) in [5.41, 5.74) is -0.0428. The predicted octanol–water partition coefficient (Wildman–Crippen LogP) is 6.69. The van der Waals surface area contributed by atoms with Gasteiger partial charge in [-0.3, -0.25) is 14.9 Å². The van der Waals surface area contributed by atoms with Crippen LogP contribution in [0.25, 0.3) is 11.1 Å². The molecule has 0 saturated heterocycles. The highest BCUT2D eigenvalue weighted by Crippen LogP contribution is 2.37. The number of carboxylic acid groups (broad SMARTS) is 1. The number of carboxylic acids is 1. The molecule has 2 aromatic carbocycles. The molecular formula is C29H36F4N2O3. The molecule has 1 aliphatic carbocycles. The Bertz CT molecular complexity index is 1100. The fourth-order valence-electron chi connectivity index (χ4n) is 4.52. The van der Waals surface area contributed by atoms with E-state index in [1.807, 2.05) is 38.1 Å². The predicted molar refractivity (Wildman–Crippen MR) is 138 cm³/mol. The van der Waals surface area contributed by atoms with Crippen LogP contribution in [0.4, 0.5) is 17.6 Å². The van der Waals surface area contributed by atoms with Crippen LogP contribution >= 0.6 is 0 Å². The van der Waals surface area contributed by atoms with Gasteiger partial charge in [0.2, 0.25) is 5.91 Å². The molecule has 2 unspecified atom stereocenters. The van der Waals surface area contributed by atoms with Gasteiger partial charge in [0.25, 0.3) is 0 Å². The fraction of sp³-hybridized carbons (Fsp3) is 0.517. The van der Waals surface area contributed by atoms with Crippen LogP contribution in [-0.2, 0) is 9.59 Å². The number of alkyl halides is 4.